The number of aliphatic hydroxyl groups is 4. The molecule has 12 unspecified atom stereocenters. The zero-order valence-electron chi connectivity index (χ0n) is 21.0. The number of hydrogen-bond acceptors (Lipinski definition) is 7. The van der Waals surface area contributed by atoms with Crippen LogP contribution in [0.25, 0.3) is 0 Å². The van der Waals surface area contributed by atoms with Crippen LogP contribution in [-0.2, 0) is 14.3 Å². The maximum absolute atomic E-state index is 11.9. The molecule has 1 rings (SSSR count). The molecule has 0 aromatic heterocycles. The Morgan fingerprint density at radius 3 is 2.12 bits per heavy atom. The Morgan fingerprint density at radius 1 is 1.00 bits per heavy atom. The summed E-state index contributed by atoms with van der Waals surface area (Å²) in [5, 5.41) is 41.9. The number of cyclic esters (lactones) is 1. The third kappa shape index (κ3) is 7.80. The first-order chi connectivity index (χ1) is 14.8. The number of methoxy groups -OCH3 is 1. The quantitative estimate of drug-likeness (QED) is 0.262. The molecule has 188 valence electrons. The molecule has 1 aliphatic rings. The minimum Gasteiger partial charge on any atom is -0.462 e. The van der Waals surface area contributed by atoms with E-state index in [2.05, 4.69) is 0 Å². The average molecular weight is 459 g/mol. The van der Waals surface area contributed by atoms with Gasteiger partial charge in [0.1, 0.15) is 6.10 Å². The Balaban J connectivity index is 2.59. The summed E-state index contributed by atoms with van der Waals surface area (Å²) in [6, 6.07) is 0. The van der Waals surface area contributed by atoms with Gasteiger partial charge in [-0.05, 0) is 32.1 Å². The van der Waals surface area contributed by atoms with E-state index in [1.165, 1.54) is 0 Å². The van der Waals surface area contributed by atoms with Gasteiger partial charge in [-0.1, -0.05) is 46.8 Å². The van der Waals surface area contributed by atoms with E-state index in [9.17, 15) is 25.2 Å². The van der Waals surface area contributed by atoms with E-state index < -0.39 is 42.4 Å². The third-order valence-electron chi connectivity index (χ3n) is 7.49. The summed E-state index contributed by atoms with van der Waals surface area (Å²) >= 11 is 0. The first kappa shape index (κ1) is 29.0. The van der Waals surface area contributed by atoms with Crippen molar-refractivity contribution in [3.63, 3.8) is 0 Å². The Hall–Kier alpha value is -0.990. The summed E-state index contributed by atoms with van der Waals surface area (Å²) in [6.45, 7) is 13.2. The van der Waals surface area contributed by atoms with Crippen molar-refractivity contribution in [2.45, 2.75) is 97.9 Å². The van der Waals surface area contributed by atoms with Crippen LogP contribution in [0.15, 0.2) is 12.2 Å². The summed E-state index contributed by atoms with van der Waals surface area (Å²) in [6.07, 6.45) is 0.868. The van der Waals surface area contributed by atoms with Crippen LogP contribution in [0.5, 0.6) is 0 Å². The standard InChI is InChI=1S/C25H46O7/c1-13(22(27)14(2)11-15(3)23(28)16(4)19(7)31-8)9-10-20(26)12-21-17(5)24(29)18(6)25(30)32-21/h9-10,13-24,26-29H,11-12H2,1-8H3/b10-9-. The Kier molecular flexibility index (Phi) is 11.8. The first-order valence-electron chi connectivity index (χ1n) is 12.0. The minimum absolute atomic E-state index is 0.00492. The molecule has 7 heteroatoms. The fraction of sp³-hybridized carbons (Fsp3) is 0.880. The average Bonchev–Trinajstić information content (AvgIpc) is 2.77. The number of carbonyl (C=O) groups is 1. The normalized spacial score (nSPS) is 31.9. The summed E-state index contributed by atoms with van der Waals surface area (Å²) in [7, 11) is 1.63. The van der Waals surface area contributed by atoms with Gasteiger partial charge < -0.3 is 29.9 Å². The van der Waals surface area contributed by atoms with Crippen molar-refractivity contribution in [2.24, 2.45) is 35.5 Å². The lowest BCUT2D eigenvalue weighted by atomic mass is 9.81. The van der Waals surface area contributed by atoms with E-state index in [1.54, 1.807) is 26.2 Å². The van der Waals surface area contributed by atoms with Crippen molar-refractivity contribution in [3.8, 4) is 0 Å². The third-order valence-corrected chi connectivity index (χ3v) is 7.49. The van der Waals surface area contributed by atoms with Gasteiger partial charge in [-0.25, -0.2) is 0 Å². The molecule has 1 saturated heterocycles. The molecular formula is C25H46O7. The molecule has 32 heavy (non-hydrogen) atoms. The minimum atomic E-state index is -0.849. The first-order valence-corrected chi connectivity index (χ1v) is 12.0. The molecule has 4 N–H and O–H groups in total. The zero-order chi connectivity index (χ0) is 24.7. The maximum atomic E-state index is 11.9. The fourth-order valence-electron chi connectivity index (χ4n) is 4.57. The Labute approximate surface area is 193 Å². The van der Waals surface area contributed by atoms with E-state index in [4.69, 9.17) is 9.47 Å². The number of rotatable bonds is 12. The van der Waals surface area contributed by atoms with E-state index in [1.807, 2.05) is 41.5 Å². The zero-order valence-corrected chi connectivity index (χ0v) is 21.0. The molecule has 0 aromatic carbocycles. The lowest BCUT2D eigenvalue weighted by molar-refractivity contribution is -0.179. The topological polar surface area (TPSA) is 116 Å². The van der Waals surface area contributed by atoms with Crippen LogP contribution in [0.3, 0.4) is 0 Å². The van der Waals surface area contributed by atoms with Crippen LogP contribution < -0.4 is 0 Å². The number of hydrogen-bond donors (Lipinski definition) is 4. The lowest BCUT2D eigenvalue weighted by Crippen LogP contribution is -2.47. The highest BCUT2D eigenvalue weighted by Crippen LogP contribution is 2.30. The van der Waals surface area contributed by atoms with E-state index in [0.29, 0.717) is 6.42 Å². The molecule has 1 aliphatic heterocycles. The largest absolute Gasteiger partial charge is 0.462 e. The van der Waals surface area contributed by atoms with E-state index in [-0.39, 0.29) is 42.1 Å². The predicted octanol–water partition coefficient (Wildman–Crippen LogP) is 2.54. The molecule has 0 saturated carbocycles. The molecule has 0 amide bonds. The number of esters is 1. The van der Waals surface area contributed by atoms with Crippen molar-refractivity contribution in [1.82, 2.24) is 0 Å². The SMILES string of the molecule is COC(C)C(C)C(O)C(C)CC(C)C(O)C(C)/C=C\C(O)CC1OC(=O)C(C)C(O)C1C. The second kappa shape index (κ2) is 13.0. The number of carbonyl (C=O) groups excluding carboxylic acids is 1. The van der Waals surface area contributed by atoms with Crippen molar-refractivity contribution in [3.05, 3.63) is 12.2 Å². The molecule has 1 fully saturated rings. The van der Waals surface area contributed by atoms with Gasteiger partial charge in [0.2, 0.25) is 0 Å². The van der Waals surface area contributed by atoms with Crippen molar-refractivity contribution >= 4 is 5.97 Å². The highest BCUT2D eigenvalue weighted by atomic mass is 16.5. The maximum Gasteiger partial charge on any atom is 0.311 e. The molecule has 0 aliphatic carbocycles. The second-order valence-corrected chi connectivity index (χ2v) is 10.1. The van der Waals surface area contributed by atoms with Crippen LogP contribution in [0, 0.1) is 35.5 Å². The van der Waals surface area contributed by atoms with Gasteiger partial charge in [-0.15, -0.1) is 0 Å². The highest BCUT2D eigenvalue weighted by Gasteiger charge is 2.40. The predicted molar refractivity (Wildman–Crippen MR) is 124 cm³/mol. The summed E-state index contributed by atoms with van der Waals surface area (Å²) in [5.74, 6) is -1.51. The monoisotopic (exact) mass is 458 g/mol. The number of ether oxygens (including phenoxy) is 2. The molecule has 1 heterocycles. The summed E-state index contributed by atoms with van der Waals surface area (Å²) in [5.41, 5.74) is 0. The fourth-order valence-corrected chi connectivity index (χ4v) is 4.57. The second-order valence-electron chi connectivity index (χ2n) is 10.1. The van der Waals surface area contributed by atoms with Crippen LogP contribution >= 0.6 is 0 Å². The van der Waals surface area contributed by atoms with Crippen LogP contribution in [0.1, 0.15) is 61.3 Å². The highest BCUT2D eigenvalue weighted by molar-refractivity contribution is 5.73. The van der Waals surface area contributed by atoms with E-state index in [0.717, 1.165) is 0 Å². The molecule has 7 nitrogen and oxygen atoms in total. The van der Waals surface area contributed by atoms with Crippen LogP contribution in [-0.4, -0.2) is 70.1 Å². The van der Waals surface area contributed by atoms with Crippen molar-refractivity contribution in [1.29, 1.82) is 0 Å². The summed E-state index contributed by atoms with van der Waals surface area (Å²) < 4.78 is 10.7. The van der Waals surface area contributed by atoms with Gasteiger partial charge in [0.15, 0.2) is 0 Å². The Morgan fingerprint density at radius 2 is 1.56 bits per heavy atom. The molecule has 0 aromatic rings. The lowest BCUT2D eigenvalue weighted by Gasteiger charge is -2.36. The van der Waals surface area contributed by atoms with Gasteiger partial charge in [0.05, 0.1) is 36.4 Å². The van der Waals surface area contributed by atoms with Crippen molar-refractivity contribution in [2.75, 3.05) is 7.11 Å². The molecule has 12 atom stereocenters. The number of aliphatic hydroxyl groups excluding tert-OH is 4. The van der Waals surface area contributed by atoms with Gasteiger partial charge in [-0.3, -0.25) is 4.79 Å². The van der Waals surface area contributed by atoms with Gasteiger partial charge >= 0.3 is 5.97 Å². The Bertz CT molecular complexity index is 595. The van der Waals surface area contributed by atoms with Gasteiger partial charge in [-0.2, -0.15) is 0 Å². The molecule has 0 radical (unpaired) electrons. The van der Waals surface area contributed by atoms with Crippen LogP contribution in [0.2, 0.25) is 0 Å². The van der Waals surface area contributed by atoms with Crippen molar-refractivity contribution < 1.29 is 34.7 Å². The molecule has 0 bridgehead atoms. The summed E-state index contributed by atoms with van der Waals surface area (Å²) in [4.78, 5) is 11.9. The molecular weight excluding hydrogens is 412 g/mol. The smallest absolute Gasteiger partial charge is 0.311 e. The van der Waals surface area contributed by atoms with Gasteiger partial charge in [0.25, 0.3) is 0 Å². The van der Waals surface area contributed by atoms with Gasteiger partial charge in [0, 0.05) is 31.3 Å². The molecule has 0 spiro atoms. The van der Waals surface area contributed by atoms with Crippen LogP contribution in [0.4, 0.5) is 0 Å². The van der Waals surface area contributed by atoms with E-state index >= 15 is 0 Å².